The summed E-state index contributed by atoms with van der Waals surface area (Å²) >= 11 is 0. The Morgan fingerprint density at radius 1 is 1.04 bits per heavy atom. The Morgan fingerprint density at radius 2 is 1.88 bits per heavy atom. The van der Waals surface area contributed by atoms with Gasteiger partial charge in [-0.1, -0.05) is 12.1 Å². The first-order chi connectivity index (χ1) is 12.7. The maximum absolute atomic E-state index is 9.09. The fraction of sp³-hybridized carbons (Fsp3) is 0.368. The third-order valence-electron chi connectivity index (χ3n) is 4.71. The first kappa shape index (κ1) is 16.7. The third kappa shape index (κ3) is 3.30. The molecule has 0 aliphatic carbocycles. The number of para-hydroxylation sites is 2. The van der Waals surface area contributed by atoms with Crippen LogP contribution in [0.3, 0.4) is 0 Å². The maximum Gasteiger partial charge on any atom is 0.148 e. The molecule has 3 aromatic rings. The van der Waals surface area contributed by atoms with Crippen molar-refractivity contribution in [1.82, 2.24) is 19.9 Å². The van der Waals surface area contributed by atoms with Crippen molar-refractivity contribution in [1.29, 1.82) is 0 Å². The Labute approximate surface area is 152 Å². The summed E-state index contributed by atoms with van der Waals surface area (Å²) in [5, 5.41) is 9.09. The van der Waals surface area contributed by atoms with Crippen molar-refractivity contribution in [3.63, 3.8) is 0 Å². The average Bonchev–Trinajstić information content (AvgIpc) is 2.68. The molecule has 0 spiro atoms. The summed E-state index contributed by atoms with van der Waals surface area (Å²) in [4.78, 5) is 22.7. The van der Waals surface area contributed by atoms with Gasteiger partial charge in [0.05, 0.1) is 23.8 Å². The van der Waals surface area contributed by atoms with Crippen LogP contribution in [0.4, 0.5) is 11.6 Å². The van der Waals surface area contributed by atoms with Crippen molar-refractivity contribution in [2.75, 3.05) is 36.0 Å². The van der Waals surface area contributed by atoms with Crippen LogP contribution in [-0.4, -0.2) is 57.3 Å². The van der Waals surface area contributed by atoms with E-state index in [4.69, 9.17) is 10.1 Å². The second-order valence-electron chi connectivity index (χ2n) is 6.51. The molecule has 26 heavy (non-hydrogen) atoms. The molecule has 0 unspecified atom stereocenters. The first-order valence-corrected chi connectivity index (χ1v) is 8.91. The molecular formula is C19H22N6O. The van der Waals surface area contributed by atoms with E-state index in [-0.39, 0.29) is 12.6 Å². The summed E-state index contributed by atoms with van der Waals surface area (Å²) in [6.07, 6.45) is 4.10. The molecule has 0 radical (unpaired) electrons. The molecule has 1 aromatic carbocycles. The van der Waals surface area contributed by atoms with Crippen LogP contribution in [-0.2, 0) is 6.42 Å². The van der Waals surface area contributed by atoms with E-state index in [1.54, 1.807) is 6.20 Å². The van der Waals surface area contributed by atoms with Crippen LogP contribution in [0.25, 0.3) is 11.0 Å². The van der Waals surface area contributed by atoms with Crippen LogP contribution in [0.5, 0.6) is 0 Å². The SMILES string of the molecule is C[C@H]1CN(c2ccnc(CCO)n2)CCN1c1cnc2ccccc2n1. The van der Waals surface area contributed by atoms with Crippen molar-refractivity contribution >= 4 is 22.7 Å². The zero-order valence-corrected chi connectivity index (χ0v) is 14.8. The number of aliphatic hydroxyl groups excluding tert-OH is 1. The van der Waals surface area contributed by atoms with Gasteiger partial charge in [-0.05, 0) is 25.1 Å². The van der Waals surface area contributed by atoms with Crippen LogP contribution in [0.1, 0.15) is 12.7 Å². The van der Waals surface area contributed by atoms with E-state index in [0.717, 1.165) is 42.3 Å². The molecule has 0 saturated carbocycles. The highest BCUT2D eigenvalue weighted by atomic mass is 16.3. The van der Waals surface area contributed by atoms with E-state index < -0.39 is 0 Å². The molecule has 134 valence electrons. The van der Waals surface area contributed by atoms with Gasteiger partial charge in [0.15, 0.2) is 0 Å². The molecule has 0 amide bonds. The number of nitrogens with zero attached hydrogens (tertiary/aromatic N) is 6. The van der Waals surface area contributed by atoms with Gasteiger partial charge >= 0.3 is 0 Å². The van der Waals surface area contributed by atoms with Crippen LogP contribution in [0.2, 0.25) is 0 Å². The molecule has 7 nitrogen and oxygen atoms in total. The highest BCUT2D eigenvalue weighted by Crippen LogP contribution is 2.22. The lowest BCUT2D eigenvalue weighted by molar-refractivity contribution is 0.296. The summed E-state index contributed by atoms with van der Waals surface area (Å²) in [5.41, 5.74) is 1.84. The highest BCUT2D eigenvalue weighted by molar-refractivity contribution is 5.75. The molecule has 0 bridgehead atoms. The number of rotatable bonds is 4. The minimum atomic E-state index is 0.0638. The molecule has 3 heterocycles. The van der Waals surface area contributed by atoms with E-state index >= 15 is 0 Å². The lowest BCUT2D eigenvalue weighted by atomic mass is 10.2. The van der Waals surface area contributed by atoms with E-state index in [1.165, 1.54) is 0 Å². The van der Waals surface area contributed by atoms with Crippen molar-refractivity contribution in [2.45, 2.75) is 19.4 Å². The average molecular weight is 350 g/mol. The molecule has 1 aliphatic heterocycles. The fourth-order valence-corrected chi connectivity index (χ4v) is 3.38. The van der Waals surface area contributed by atoms with Crippen molar-refractivity contribution < 1.29 is 5.11 Å². The van der Waals surface area contributed by atoms with Crippen LogP contribution in [0.15, 0.2) is 42.7 Å². The van der Waals surface area contributed by atoms with Gasteiger partial charge in [-0.3, -0.25) is 4.98 Å². The smallest absolute Gasteiger partial charge is 0.148 e. The Hall–Kier alpha value is -2.80. The molecule has 1 fully saturated rings. The van der Waals surface area contributed by atoms with E-state index in [0.29, 0.717) is 12.2 Å². The lowest BCUT2D eigenvalue weighted by Gasteiger charge is -2.41. The molecule has 1 aliphatic rings. The number of piperazine rings is 1. The van der Waals surface area contributed by atoms with Crippen LogP contribution < -0.4 is 9.80 Å². The number of anilines is 2. The van der Waals surface area contributed by atoms with Crippen molar-refractivity contribution in [3.8, 4) is 0 Å². The number of benzene rings is 1. The number of hydrogen-bond acceptors (Lipinski definition) is 7. The summed E-state index contributed by atoms with van der Waals surface area (Å²) in [6, 6.07) is 10.2. The summed E-state index contributed by atoms with van der Waals surface area (Å²) in [6.45, 7) is 4.82. The zero-order valence-electron chi connectivity index (χ0n) is 14.8. The largest absolute Gasteiger partial charge is 0.396 e. The number of hydrogen-bond donors (Lipinski definition) is 1. The Kier molecular flexibility index (Phi) is 4.62. The molecule has 1 N–H and O–H groups in total. The second kappa shape index (κ2) is 7.21. The quantitative estimate of drug-likeness (QED) is 0.767. The van der Waals surface area contributed by atoms with E-state index in [9.17, 15) is 0 Å². The number of aromatic nitrogens is 4. The summed E-state index contributed by atoms with van der Waals surface area (Å²) in [5.74, 6) is 2.51. The molecular weight excluding hydrogens is 328 g/mol. The topological polar surface area (TPSA) is 78.3 Å². The summed E-state index contributed by atoms with van der Waals surface area (Å²) in [7, 11) is 0. The van der Waals surface area contributed by atoms with Gasteiger partial charge in [-0.2, -0.15) is 0 Å². The Bertz CT molecular complexity index is 902. The third-order valence-corrected chi connectivity index (χ3v) is 4.71. The first-order valence-electron chi connectivity index (χ1n) is 8.91. The van der Waals surface area contributed by atoms with E-state index in [1.807, 2.05) is 36.5 Å². The van der Waals surface area contributed by atoms with Gasteiger partial charge in [0.25, 0.3) is 0 Å². The molecule has 1 saturated heterocycles. The monoisotopic (exact) mass is 350 g/mol. The lowest BCUT2D eigenvalue weighted by Crippen LogP contribution is -2.52. The Morgan fingerprint density at radius 3 is 2.69 bits per heavy atom. The van der Waals surface area contributed by atoms with Crippen LogP contribution >= 0.6 is 0 Å². The summed E-state index contributed by atoms with van der Waals surface area (Å²) < 4.78 is 0. The molecule has 4 rings (SSSR count). The minimum Gasteiger partial charge on any atom is -0.396 e. The van der Waals surface area contributed by atoms with Crippen LogP contribution in [0, 0.1) is 0 Å². The van der Waals surface area contributed by atoms with Gasteiger partial charge in [-0.25, -0.2) is 15.0 Å². The predicted octanol–water partition coefficient (Wildman–Crippen LogP) is 1.67. The normalized spacial score (nSPS) is 17.7. The van der Waals surface area contributed by atoms with Gasteiger partial charge < -0.3 is 14.9 Å². The van der Waals surface area contributed by atoms with Gasteiger partial charge in [0.2, 0.25) is 0 Å². The second-order valence-corrected chi connectivity index (χ2v) is 6.51. The minimum absolute atomic E-state index is 0.0638. The molecule has 7 heteroatoms. The maximum atomic E-state index is 9.09. The van der Waals surface area contributed by atoms with Crippen molar-refractivity contribution in [3.05, 3.63) is 48.5 Å². The highest BCUT2D eigenvalue weighted by Gasteiger charge is 2.26. The van der Waals surface area contributed by atoms with E-state index in [2.05, 4.69) is 31.7 Å². The van der Waals surface area contributed by atoms with Gasteiger partial charge in [0, 0.05) is 38.3 Å². The van der Waals surface area contributed by atoms with Gasteiger partial charge in [-0.15, -0.1) is 0 Å². The standard InChI is InChI=1S/C19H22N6O/c1-14-13-24(18-6-8-20-17(23-18)7-11-26)9-10-25(14)19-12-21-15-4-2-3-5-16(15)22-19/h2-6,8,12,14,26H,7,9-11,13H2,1H3/t14-/m0/s1. The fourth-order valence-electron chi connectivity index (χ4n) is 3.38. The van der Waals surface area contributed by atoms with Gasteiger partial charge in [0.1, 0.15) is 17.5 Å². The van der Waals surface area contributed by atoms with Crippen molar-refractivity contribution in [2.24, 2.45) is 0 Å². The predicted molar refractivity (Wildman–Crippen MR) is 101 cm³/mol. The number of fused-ring (bicyclic) bond motifs is 1. The molecule has 2 aromatic heterocycles. The number of aliphatic hydroxyl groups is 1. The molecule has 1 atom stereocenters. The Balaban J connectivity index is 1.51. The zero-order chi connectivity index (χ0) is 17.9.